The highest BCUT2D eigenvalue weighted by molar-refractivity contribution is 7.92. The van der Waals surface area contributed by atoms with Gasteiger partial charge in [-0.3, -0.25) is 4.79 Å². The first-order valence-corrected chi connectivity index (χ1v) is 11.5. The molecule has 2 aromatic carbocycles. The SMILES string of the molecule is COc1ccc(C)c2sc(=NC(=O)Cc3ccc(S(=O)(=O)C(C)C)cc3)n(C)c12. The number of ether oxygens (including phenoxy) is 1. The predicted molar refractivity (Wildman–Crippen MR) is 115 cm³/mol. The first-order valence-electron chi connectivity index (χ1n) is 9.18. The number of thiazole rings is 1. The van der Waals surface area contributed by atoms with Crippen LogP contribution in [0.4, 0.5) is 0 Å². The Kier molecular flexibility index (Phi) is 5.95. The summed E-state index contributed by atoms with van der Waals surface area (Å²) in [6, 6.07) is 10.3. The van der Waals surface area contributed by atoms with Gasteiger partial charge in [0, 0.05) is 7.05 Å². The number of rotatable bonds is 5. The summed E-state index contributed by atoms with van der Waals surface area (Å²) in [7, 11) is 0.154. The first kappa shape index (κ1) is 21.3. The van der Waals surface area contributed by atoms with E-state index in [1.807, 2.05) is 30.7 Å². The number of hydrogen-bond donors (Lipinski definition) is 0. The molecule has 0 aliphatic rings. The van der Waals surface area contributed by atoms with Gasteiger partial charge >= 0.3 is 0 Å². The number of carbonyl (C=O) groups is 1. The van der Waals surface area contributed by atoms with Crippen molar-refractivity contribution in [2.45, 2.75) is 37.3 Å². The lowest BCUT2D eigenvalue weighted by atomic mass is 10.1. The Hall–Kier alpha value is -2.45. The van der Waals surface area contributed by atoms with Gasteiger partial charge in [0.1, 0.15) is 11.3 Å². The van der Waals surface area contributed by atoms with E-state index in [2.05, 4.69) is 4.99 Å². The zero-order valence-electron chi connectivity index (χ0n) is 17.1. The summed E-state index contributed by atoms with van der Waals surface area (Å²) in [6.45, 7) is 5.30. The smallest absolute Gasteiger partial charge is 0.252 e. The molecule has 1 aromatic heterocycles. The molecule has 0 radical (unpaired) electrons. The quantitative estimate of drug-likeness (QED) is 0.619. The minimum Gasteiger partial charge on any atom is -0.495 e. The van der Waals surface area contributed by atoms with Gasteiger partial charge in [0.05, 0.1) is 28.4 Å². The molecule has 3 aromatic rings. The molecule has 0 saturated heterocycles. The van der Waals surface area contributed by atoms with Crippen molar-refractivity contribution in [3.8, 4) is 5.75 Å². The molecule has 0 aliphatic carbocycles. The van der Waals surface area contributed by atoms with E-state index in [-0.39, 0.29) is 17.2 Å². The summed E-state index contributed by atoms with van der Waals surface area (Å²) < 4.78 is 32.8. The summed E-state index contributed by atoms with van der Waals surface area (Å²) >= 11 is 1.44. The molecule has 3 rings (SSSR count). The number of benzene rings is 2. The lowest BCUT2D eigenvalue weighted by Crippen LogP contribution is -2.15. The van der Waals surface area contributed by atoms with Crippen molar-refractivity contribution in [1.29, 1.82) is 0 Å². The van der Waals surface area contributed by atoms with Crippen LogP contribution in [-0.4, -0.2) is 31.3 Å². The molecule has 0 spiro atoms. The third-order valence-electron chi connectivity index (χ3n) is 4.78. The number of nitrogens with zero attached hydrogens (tertiary/aromatic N) is 2. The number of aromatic nitrogens is 1. The van der Waals surface area contributed by atoms with Crippen molar-refractivity contribution in [1.82, 2.24) is 4.57 Å². The van der Waals surface area contributed by atoms with Gasteiger partial charge in [-0.1, -0.05) is 29.5 Å². The molecule has 0 unspecified atom stereocenters. The van der Waals surface area contributed by atoms with Crippen LogP contribution < -0.4 is 9.54 Å². The molecular formula is C21H24N2O4S2. The van der Waals surface area contributed by atoms with Gasteiger partial charge in [-0.2, -0.15) is 4.99 Å². The number of aryl methyl sites for hydroxylation is 2. The fourth-order valence-electron chi connectivity index (χ4n) is 3.01. The molecule has 1 amide bonds. The molecule has 8 heteroatoms. The summed E-state index contributed by atoms with van der Waals surface area (Å²) in [5, 5.41) is -0.488. The first-order chi connectivity index (χ1) is 13.6. The largest absolute Gasteiger partial charge is 0.495 e. The van der Waals surface area contributed by atoms with Crippen molar-refractivity contribution in [2.75, 3.05) is 7.11 Å². The summed E-state index contributed by atoms with van der Waals surface area (Å²) in [5.41, 5.74) is 2.73. The average molecular weight is 433 g/mol. The minimum atomic E-state index is -3.32. The Morgan fingerprint density at radius 1 is 1.17 bits per heavy atom. The monoisotopic (exact) mass is 432 g/mol. The van der Waals surface area contributed by atoms with Crippen molar-refractivity contribution in [3.63, 3.8) is 0 Å². The number of sulfone groups is 1. The minimum absolute atomic E-state index is 0.104. The Morgan fingerprint density at radius 3 is 2.41 bits per heavy atom. The van der Waals surface area contributed by atoms with E-state index in [4.69, 9.17) is 4.74 Å². The van der Waals surface area contributed by atoms with Crippen LogP contribution in [0.3, 0.4) is 0 Å². The van der Waals surface area contributed by atoms with Crippen LogP contribution in [0.5, 0.6) is 5.75 Å². The molecule has 0 N–H and O–H groups in total. The second-order valence-corrected chi connectivity index (χ2v) is 10.6. The maximum absolute atomic E-state index is 12.5. The van der Waals surface area contributed by atoms with Crippen LogP contribution >= 0.6 is 11.3 Å². The maximum atomic E-state index is 12.5. The standard InChI is InChI=1S/C21H24N2O4S2/c1-13(2)29(25,26)16-9-7-15(8-10-16)12-18(24)22-21-23(4)19-17(27-5)11-6-14(3)20(19)28-21/h6-11,13H,12H2,1-5H3. The van der Waals surface area contributed by atoms with Crippen LogP contribution in [0.25, 0.3) is 10.2 Å². The Morgan fingerprint density at radius 2 is 1.83 bits per heavy atom. The summed E-state index contributed by atoms with van der Waals surface area (Å²) in [4.78, 5) is 17.7. The third kappa shape index (κ3) is 4.13. The van der Waals surface area contributed by atoms with E-state index in [0.29, 0.717) is 4.80 Å². The van der Waals surface area contributed by atoms with Crippen LogP contribution in [0.1, 0.15) is 25.0 Å². The zero-order valence-corrected chi connectivity index (χ0v) is 18.7. The van der Waals surface area contributed by atoms with Crippen molar-refractivity contribution >= 4 is 37.3 Å². The normalized spacial score (nSPS) is 12.7. The molecule has 0 bridgehead atoms. The van der Waals surface area contributed by atoms with Crippen molar-refractivity contribution in [3.05, 3.63) is 52.3 Å². The number of methoxy groups -OCH3 is 1. The van der Waals surface area contributed by atoms with Crippen molar-refractivity contribution < 1.29 is 17.9 Å². The predicted octanol–water partition coefficient (Wildman–Crippen LogP) is 3.41. The molecule has 0 saturated carbocycles. The van der Waals surface area contributed by atoms with E-state index >= 15 is 0 Å². The van der Waals surface area contributed by atoms with Gasteiger partial charge in [0.2, 0.25) is 0 Å². The average Bonchev–Trinajstić information content (AvgIpc) is 3.00. The number of carbonyl (C=O) groups excluding carboxylic acids is 1. The second-order valence-electron chi connectivity index (χ2n) is 7.13. The number of fused-ring (bicyclic) bond motifs is 1. The highest BCUT2D eigenvalue weighted by Gasteiger charge is 2.19. The number of hydrogen-bond acceptors (Lipinski definition) is 5. The molecule has 0 fully saturated rings. The summed E-state index contributed by atoms with van der Waals surface area (Å²) in [6.07, 6.45) is 0.104. The summed E-state index contributed by atoms with van der Waals surface area (Å²) in [5.74, 6) is 0.448. The molecule has 154 valence electrons. The van der Waals surface area contributed by atoms with Crippen LogP contribution in [-0.2, 0) is 28.1 Å². The Balaban J connectivity index is 1.90. The fourth-order valence-corrected chi connectivity index (χ4v) is 5.19. The van der Waals surface area contributed by atoms with Gasteiger partial charge in [-0.25, -0.2) is 8.42 Å². The van der Waals surface area contributed by atoms with Gasteiger partial charge < -0.3 is 9.30 Å². The lowest BCUT2D eigenvalue weighted by Gasteiger charge is -2.08. The van der Waals surface area contributed by atoms with Gasteiger partial charge in [-0.05, 0) is 50.1 Å². The van der Waals surface area contributed by atoms with Gasteiger partial charge in [-0.15, -0.1) is 0 Å². The number of amides is 1. The zero-order chi connectivity index (χ0) is 21.3. The molecule has 1 heterocycles. The van der Waals surface area contributed by atoms with E-state index < -0.39 is 15.1 Å². The second kappa shape index (κ2) is 8.12. The Labute approximate surface area is 174 Å². The maximum Gasteiger partial charge on any atom is 0.252 e. The lowest BCUT2D eigenvalue weighted by molar-refractivity contribution is -0.117. The third-order valence-corrected chi connectivity index (χ3v) is 8.21. The van der Waals surface area contributed by atoms with Gasteiger partial charge in [0.25, 0.3) is 5.91 Å². The highest BCUT2D eigenvalue weighted by atomic mass is 32.2. The van der Waals surface area contributed by atoms with E-state index in [9.17, 15) is 13.2 Å². The van der Waals surface area contributed by atoms with Crippen LogP contribution in [0.15, 0.2) is 46.3 Å². The van der Waals surface area contributed by atoms with Crippen LogP contribution in [0.2, 0.25) is 0 Å². The molecule has 0 atom stereocenters. The van der Waals surface area contributed by atoms with Gasteiger partial charge in [0.15, 0.2) is 14.6 Å². The molecule has 6 nitrogen and oxygen atoms in total. The van der Waals surface area contributed by atoms with E-state index in [0.717, 1.165) is 27.1 Å². The van der Waals surface area contributed by atoms with Crippen molar-refractivity contribution in [2.24, 2.45) is 12.0 Å². The molecule has 29 heavy (non-hydrogen) atoms. The van der Waals surface area contributed by atoms with E-state index in [1.54, 1.807) is 45.2 Å². The Bertz CT molecular complexity index is 1230. The fraction of sp³-hybridized carbons (Fsp3) is 0.333. The topological polar surface area (TPSA) is 77.7 Å². The van der Waals surface area contributed by atoms with Crippen LogP contribution in [0, 0.1) is 6.92 Å². The molecule has 0 aliphatic heterocycles. The van der Waals surface area contributed by atoms with E-state index in [1.165, 1.54) is 11.3 Å². The molecular weight excluding hydrogens is 408 g/mol. The highest BCUT2D eigenvalue weighted by Crippen LogP contribution is 2.29.